The van der Waals surface area contributed by atoms with Gasteiger partial charge >= 0.3 is 0 Å². The highest BCUT2D eigenvalue weighted by Crippen LogP contribution is 2.32. The van der Waals surface area contributed by atoms with Crippen LogP contribution in [0, 0.1) is 13.8 Å². The van der Waals surface area contributed by atoms with Crippen LogP contribution in [-0.2, 0) is 0 Å². The van der Waals surface area contributed by atoms with Crippen LogP contribution in [0.1, 0.15) is 35.8 Å². The summed E-state index contributed by atoms with van der Waals surface area (Å²) in [5.41, 5.74) is 9.99. The van der Waals surface area contributed by atoms with Crippen molar-refractivity contribution < 1.29 is 0 Å². The fourth-order valence-corrected chi connectivity index (χ4v) is 3.99. The van der Waals surface area contributed by atoms with Gasteiger partial charge in [-0.15, -0.1) is 0 Å². The van der Waals surface area contributed by atoms with Gasteiger partial charge in [-0.25, -0.2) is 9.67 Å². The zero-order valence-corrected chi connectivity index (χ0v) is 15.8. The lowest BCUT2D eigenvalue weighted by Crippen LogP contribution is -2.34. The molecule has 0 spiro atoms. The van der Waals surface area contributed by atoms with E-state index in [2.05, 4.69) is 26.0 Å². The Morgan fingerprint density at radius 2 is 1.96 bits per heavy atom. The zero-order valence-electron chi connectivity index (χ0n) is 15.0. The Kier molecular flexibility index (Phi) is 4.36. The molecule has 7 heteroatoms. The van der Waals surface area contributed by atoms with Crippen molar-refractivity contribution in [3.05, 3.63) is 52.4 Å². The van der Waals surface area contributed by atoms with Crippen molar-refractivity contribution >= 4 is 23.4 Å². The summed E-state index contributed by atoms with van der Waals surface area (Å²) in [6.45, 7) is 5.98. The second kappa shape index (κ2) is 6.68. The molecular weight excluding hydrogens is 348 g/mol. The molecule has 3 N–H and O–H groups in total. The van der Waals surface area contributed by atoms with E-state index in [0.717, 1.165) is 48.8 Å². The number of H-pyrrole nitrogens is 1. The Hall–Kier alpha value is -2.47. The lowest BCUT2D eigenvalue weighted by Gasteiger charge is -2.33. The molecule has 26 heavy (non-hydrogen) atoms. The Balaban J connectivity index is 1.56. The summed E-state index contributed by atoms with van der Waals surface area (Å²) >= 11 is 6.17. The van der Waals surface area contributed by atoms with Crippen LogP contribution in [0.15, 0.2) is 30.3 Å². The summed E-state index contributed by atoms with van der Waals surface area (Å²) < 4.78 is 1.99. The van der Waals surface area contributed by atoms with Crippen LogP contribution in [0.25, 0.3) is 5.69 Å². The van der Waals surface area contributed by atoms with Crippen molar-refractivity contribution in [3.8, 4) is 5.69 Å². The quantitative estimate of drug-likeness (QED) is 0.734. The van der Waals surface area contributed by atoms with Crippen LogP contribution in [0.3, 0.4) is 0 Å². The van der Waals surface area contributed by atoms with Gasteiger partial charge in [0.1, 0.15) is 5.82 Å². The average molecular weight is 371 g/mol. The molecule has 0 bridgehead atoms. The van der Waals surface area contributed by atoms with Gasteiger partial charge < -0.3 is 15.6 Å². The molecule has 0 amide bonds. The summed E-state index contributed by atoms with van der Waals surface area (Å²) in [6, 6.07) is 9.95. The molecule has 136 valence electrons. The number of nitrogens with zero attached hydrogens (tertiary/aromatic N) is 4. The van der Waals surface area contributed by atoms with Gasteiger partial charge in [0.2, 0.25) is 0 Å². The summed E-state index contributed by atoms with van der Waals surface area (Å²) in [5.74, 6) is 2.10. The Morgan fingerprint density at radius 1 is 1.19 bits per heavy atom. The smallest absolute Gasteiger partial charge is 0.197 e. The molecule has 6 nitrogen and oxygen atoms in total. The number of hydrogen-bond donors (Lipinski definition) is 2. The van der Waals surface area contributed by atoms with Crippen LogP contribution in [0.4, 0.5) is 11.8 Å². The van der Waals surface area contributed by atoms with Gasteiger partial charge in [-0.05, 0) is 44.9 Å². The summed E-state index contributed by atoms with van der Waals surface area (Å²) in [6.07, 6.45) is 2.12. The largest absolute Gasteiger partial charge is 0.369 e. The molecule has 1 aromatic carbocycles. The number of nitrogens with one attached hydrogen (secondary N) is 1. The van der Waals surface area contributed by atoms with Gasteiger partial charge in [0.05, 0.1) is 17.1 Å². The molecule has 0 unspecified atom stereocenters. The van der Waals surface area contributed by atoms with Crippen molar-refractivity contribution in [2.24, 2.45) is 0 Å². The standard InChI is InChI=1S/C19H23ClN6/c1-12-10-17(26(24-12)16-5-3-4-15(20)11-16)25-8-6-14(7-9-25)18-13(2)22-19(21)23-18/h3-5,10-11,14H,6-9H2,1-2H3,(H3,21,22,23). The summed E-state index contributed by atoms with van der Waals surface area (Å²) in [4.78, 5) is 9.94. The molecule has 0 aliphatic carbocycles. The number of benzene rings is 1. The summed E-state index contributed by atoms with van der Waals surface area (Å²) in [7, 11) is 0. The van der Waals surface area contributed by atoms with E-state index in [1.807, 2.05) is 42.8 Å². The number of hydrogen-bond acceptors (Lipinski definition) is 4. The number of rotatable bonds is 3. The second-order valence-corrected chi connectivity index (χ2v) is 7.35. The Labute approximate surface area is 158 Å². The third kappa shape index (κ3) is 3.17. The highest BCUT2D eigenvalue weighted by atomic mass is 35.5. The molecular formula is C19H23ClN6. The molecule has 3 heterocycles. The van der Waals surface area contributed by atoms with Gasteiger partial charge in [0.15, 0.2) is 5.95 Å². The first-order valence-corrected chi connectivity index (χ1v) is 9.28. The van der Waals surface area contributed by atoms with E-state index in [1.54, 1.807) is 0 Å². The molecule has 1 aliphatic heterocycles. The van der Waals surface area contributed by atoms with Gasteiger partial charge in [-0.3, -0.25) is 0 Å². The number of aryl methyl sites for hydroxylation is 2. The maximum atomic E-state index is 6.17. The van der Waals surface area contributed by atoms with E-state index >= 15 is 0 Å². The molecule has 3 aromatic rings. The van der Waals surface area contributed by atoms with Crippen LogP contribution in [-0.4, -0.2) is 32.8 Å². The number of aromatic amines is 1. The number of aromatic nitrogens is 4. The fourth-order valence-electron chi connectivity index (χ4n) is 3.80. The van der Waals surface area contributed by atoms with Crippen LogP contribution >= 0.6 is 11.6 Å². The molecule has 1 fully saturated rings. The predicted molar refractivity (Wildman–Crippen MR) is 105 cm³/mol. The molecule has 2 aromatic heterocycles. The van der Waals surface area contributed by atoms with E-state index in [9.17, 15) is 0 Å². The van der Waals surface area contributed by atoms with Crippen LogP contribution in [0.2, 0.25) is 5.02 Å². The number of imidazole rings is 1. The zero-order chi connectivity index (χ0) is 18.3. The van der Waals surface area contributed by atoms with Crippen molar-refractivity contribution in [1.29, 1.82) is 0 Å². The van der Waals surface area contributed by atoms with Crippen molar-refractivity contribution in [2.75, 3.05) is 23.7 Å². The molecule has 1 aliphatic rings. The van der Waals surface area contributed by atoms with E-state index in [4.69, 9.17) is 17.3 Å². The van der Waals surface area contributed by atoms with E-state index in [-0.39, 0.29) is 0 Å². The second-order valence-electron chi connectivity index (χ2n) is 6.92. The molecule has 0 radical (unpaired) electrons. The number of nitrogen functional groups attached to an aromatic ring is 1. The van der Waals surface area contributed by atoms with E-state index in [1.165, 1.54) is 5.69 Å². The topological polar surface area (TPSA) is 75.8 Å². The van der Waals surface area contributed by atoms with Crippen molar-refractivity contribution in [1.82, 2.24) is 19.7 Å². The van der Waals surface area contributed by atoms with Crippen LogP contribution < -0.4 is 10.6 Å². The third-order valence-electron chi connectivity index (χ3n) is 5.03. The first-order chi connectivity index (χ1) is 12.5. The van der Waals surface area contributed by atoms with Crippen molar-refractivity contribution in [2.45, 2.75) is 32.6 Å². The molecule has 0 atom stereocenters. The van der Waals surface area contributed by atoms with E-state index < -0.39 is 0 Å². The first kappa shape index (κ1) is 17.0. The average Bonchev–Trinajstić information content (AvgIpc) is 3.17. The number of nitrogens with two attached hydrogens (primary N) is 1. The van der Waals surface area contributed by atoms with Crippen molar-refractivity contribution in [3.63, 3.8) is 0 Å². The van der Waals surface area contributed by atoms with Gasteiger partial charge in [0, 0.05) is 35.8 Å². The molecule has 0 saturated carbocycles. The summed E-state index contributed by atoms with van der Waals surface area (Å²) in [5, 5.41) is 5.39. The normalized spacial score (nSPS) is 15.6. The maximum Gasteiger partial charge on any atom is 0.197 e. The number of anilines is 2. The number of piperidine rings is 1. The molecule has 4 rings (SSSR count). The minimum absolute atomic E-state index is 0.472. The van der Waals surface area contributed by atoms with E-state index in [0.29, 0.717) is 16.9 Å². The fraction of sp³-hybridized carbons (Fsp3) is 0.368. The predicted octanol–water partition coefficient (Wildman–Crippen LogP) is 3.83. The van der Waals surface area contributed by atoms with Gasteiger partial charge in [0.25, 0.3) is 0 Å². The SMILES string of the molecule is Cc1cc(N2CCC(c3[nH]c(N)nc3C)CC2)n(-c2cccc(Cl)c2)n1. The Bertz CT molecular complexity index is 920. The lowest BCUT2D eigenvalue weighted by molar-refractivity contribution is 0.490. The highest BCUT2D eigenvalue weighted by molar-refractivity contribution is 6.30. The third-order valence-corrected chi connectivity index (χ3v) is 5.27. The minimum atomic E-state index is 0.472. The van der Waals surface area contributed by atoms with Gasteiger partial charge in [-0.1, -0.05) is 17.7 Å². The highest BCUT2D eigenvalue weighted by Gasteiger charge is 2.26. The Morgan fingerprint density at radius 3 is 2.62 bits per heavy atom. The first-order valence-electron chi connectivity index (χ1n) is 8.91. The van der Waals surface area contributed by atoms with Gasteiger partial charge in [-0.2, -0.15) is 5.10 Å². The minimum Gasteiger partial charge on any atom is -0.369 e. The molecule has 1 saturated heterocycles. The monoisotopic (exact) mass is 370 g/mol. The maximum absolute atomic E-state index is 6.17. The number of halogens is 1. The lowest BCUT2D eigenvalue weighted by atomic mass is 9.92. The van der Waals surface area contributed by atoms with Crippen LogP contribution in [0.5, 0.6) is 0 Å².